The first-order valence-electron chi connectivity index (χ1n) is 8.24. The van der Waals surface area contributed by atoms with E-state index in [2.05, 4.69) is 42.9 Å². The molecule has 0 saturated heterocycles. The fourth-order valence-electron chi connectivity index (χ4n) is 3.03. The van der Waals surface area contributed by atoms with Crippen LogP contribution in [0, 0.1) is 13.8 Å². The molecule has 5 nitrogen and oxygen atoms in total. The van der Waals surface area contributed by atoms with Gasteiger partial charge in [0.05, 0.1) is 15.5 Å². The minimum absolute atomic E-state index is 0.159. The molecule has 130 valence electrons. The molecule has 4 aromatic rings. The van der Waals surface area contributed by atoms with Crippen LogP contribution in [0.4, 0.5) is 5.82 Å². The fraction of sp³-hybridized carbons (Fsp3) is 0.100. The van der Waals surface area contributed by atoms with Crippen LogP contribution in [0.5, 0.6) is 0 Å². The van der Waals surface area contributed by atoms with E-state index < -0.39 is 0 Å². The molecule has 0 aliphatic carbocycles. The number of aryl methyl sites for hydroxylation is 2. The summed E-state index contributed by atoms with van der Waals surface area (Å²) in [4.78, 5) is 20.3. The lowest BCUT2D eigenvalue weighted by molar-refractivity contribution is 0.102. The number of carbonyl (C=O) groups excluding carboxylic acids is 1. The Morgan fingerprint density at radius 2 is 1.77 bits per heavy atom. The number of benzene rings is 1. The first kappa shape index (κ1) is 16.6. The third-order valence-corrected chi connectivity index (χ3v) is 4.89. The number of aromatic nitrogens is 3. The van der Waals surface area contributed by atoms with Crippen LogP contribution < -0.4 is 5.32 Å². The number of nitrogens with zero attached hydrogens (tertiary/aromatic N) is 2. The lowest BCUT2D eigenvalue weighted by Gasteiger charge is -2.10. The summed E-state index contributed by atoms with van der Waals surface area (Å²) in [6, 6.07) is 17.1. The van der Waals surface area contributed by atoms with E-state index in [1.165, 1.54) is 0 Å². The summed E-state index contributed by atoms with van der Waals surface area (Å²) < 4.78 is 2.98. The lowest BCUT2D eigenvalue weighted by Crippen LogP contribution is -2.11. The van der Waals surface area contributed by atoms with Gasteiger partial charge < -0.3 is 14.9 Å². The van der Waals surface area contributed by atoms with E-state index in [0.717, 1.165) is 32.7 Å². The van der Waals surface area contributed by atoms with Gasteiger partial charge in [-0.05, 0) is 60.1 Å². The topological polar surface area (TPSA) is 62.7 Å². The second-order valence-corrected chi connectivity index (χ2v) is 7.04. The van der Waals surface area contributed by atoms with Crippen molar-refractivity contribution < 1.29 is 4.79 Å². The van der Waals surface area contributed by atoms with Gasteiger partial charge in [-0.1, -0.05) is 18.2 Å². The summed E-state index contributed by atoms with van der Waals surface area (Å²) in [5.41, 5.74) is 4.48. The number of fused-ring (bicyclic) bond motifs is 1. The van der Waals surface area contributed by atoms with E-state index >= 15 is 0 Å². The Morgan fingerprint density at radius 3 is 2.46 bits per heavy atom. The van der Waals surface area contributed by atoms with Gasteiger partial charge in [-0.3, -0.25) is 4.79 Å². The molecule has 2 N–H and O–H groups in total. The zero-order chi connectivity index (χ0) is 18.3. The van der Waals surface area contributed by atoms with E-state index in [1.54, 1.807) is 12.1 Å². The van der Waals surface area contributed by atoms with Crippen LogP contribution >= 0.6 is 15.9 Å². The Morgan fingerprint density at radius 1 is 1.08 bits per heavy atom. The van der Waals surface area contributed by atoms with Gasteiger partial charge >= 0.3 is 0 Å². The van der Waals surface area contributed by atoms with Gasteiger partial charge in [0.2, 0.25) is 0 Å². The minimum Gasteiger partial charge on any atom is -0.340 e. The van der Waals surface area contributed by atoms with E-state index in [0.29, 0.717) is 11.4 Å². The highest BCUT2D eigenvalue weighted by molar-refractivity contribution is 9.10. The summed E-state index contributed by atoms with van der Waals surface area (Å²) in [5, 5.41) is 2.89. The number of amides is 1. The van der Waals surface area contributed by atoms with E-state index in [9.17, 15) is 4.79 Å². The quantitative estimate of drug-likeness (QED) is 0.501. The zero-order valence-corrected chi connectivity index (χ0v) is 16.0. The SMILES string of the molecule is Cc1ccc(C)n1-c1nc2cc(NC(=O)c3ccccc3)[nH]c2cc1Br. The summed E-state index contributed by atoms with van der Waals surface area (Å²) in [7, 11) is 0. The highest BCUT2D eigenvalue weighted by atomic mass is 79.9. The molecule has 3 heterocycles. The van der Waals surface area contributed by atoms with Crippen molar-refractivity contribution in [2.45, 2.75) is 13.8 Å². The van der Waals surface area contributed by atoms with Crippen molar-refractivity contribution in [1.82, 2.24) is 14.5 Å². The van der Waals surface area contributed by atoms with Crippen molar-refractivity contribution in [3.63, 3.8) is 0 Å². The maximum atomic E-state index is 12.3. The van der Waals surface area contributed by atoms with Crippen molar-refractivity contribution in [3.8, 4) is 5.82 Å². The predicted molar refractivity (Wildman–Crippen MR) is 107 cm³/mol. The molecule has 0 bridgehead atoms. The highest BCUT2D eigenvalue weighted by Crippen LogP contribution is 2.28. The lowest BCUT2D eigenvalue weighted by atomic mass is 10.2. The molecule has 0 radical (unpaired) electrons. The van der Waals surface area contributed by atoms with Gasteiger partial charge in [-0.2, -0.15) is 0 Å². The first-order valence-corrected chi connectivity index (χ1v) is 9.03. The summed E-state index contributed by atoms with van der Waals surface area (Å²) in [6.45, 7) is 4.10. The van der Waals surface area contributed by atoms with Crippen LogP contribution in [0.3, 0.4) is 0 Å². The first-order chi connectivity index (χ1) is 12.5. The van der Waals surface area contributed by atoms with Gasteiger partial charge in [0.15, 0.2) is 5.82 Å². The van der Waals surface area contributed by atoms with Crippen molar-refractivity contribution in [1.29, 1.82) is 0 Å². The molecule has 0 aliphatic rings. The van der Waals surface area contributed by atoms with Crippen LogP contribution in [-0.4, -0.2) is 20.4 Å². The second-order valence-electron chi connectivity index (χ2n) is 6.18. The van der Waals surface area contributed by atoms with Crippen LogP contribution in [0.2, 0.25) is 0 Å². The zero-order valence-electron chi connectivity index (χ0n) is 14.4. The fourth-order valence-corrected chi connectivity index (χ4v) is 3.53. The average molecular weight is 409 g/mol. The minimum atomic E-state index is -0.159. The smallest absolute Gasteiger partial charge is 0.256 e. The van der Waals surface area contributed by atoms with Crippen molar-refractivity contribution >= 4 is 38.7 Å². The molecular weight excluding hydrogens is 392 g/mol. The molecule has 0 aliphatic heterocycles. The van der Waals surface area contributed by atoms with Gasteiger partial charge in [-0.25, -0.2) is 4.98 Å². The highest BCUT2D eigenvalue weighted by Gasteiger charge is 2.14. The van der Waals surface area contributed by atoms with Crippen molar-refractivity contribution in [3.05, 3.63) is 76.0 Å². The molecular formula is C20H17BrN4O. The molecule has 0 atom stereocenters. The Hall–Kier alpha value is -2.86. The molecule has 0 fully saturated rings. The number of carbonyl (C=O) groups is 1. The summed E-state index contributed by atoms with van der Waals surface area (Å²) in [6.07, 6.45) is 0. The number of hydrogen-bond donors (Lipinski definition) is 2. The molecule has 4 rings (SSSR count). The molecule has 1 aromatic carbocycles. The summed E-state index contributed by atoms with van der Waals surface area (Å²) in [5.74, 6) is 1.29. The number of H-pyrrole nitrogens is 1. The standard InChI is InChI=1S/C20H17BrN4O/c1-12-8-9-13(2)25(12)19-15(21)10-16-17(23-19)11-18(22-16)24-20(26)14-6-4-3-5-7-14/h3-11,22H,1-2H3,(H,24,26). The number of rotatable bonds is 3. The normalized spacial score (nSPS) is 11.0. The number of pyridine rings is 1. The van der Waals surface area contributed by atoms with Crippen molar-refractivity contribution in [2.24, 2.45) is 0 Å². The van der Waals surface area contributed by atoms with Crippen LogP contribution in [0.25, 0.3) is 16.9 Å². The van der Waals surface area contributed by atoms with Gasteiger partial charge in [0.25, 0.3) is 5.91 Å². The average Bonchev–Trinajstić information content (AvgIpc) is 3.17. The second kappa shape index (κ2) is 6.46. The monoisotopic (exact) mass is 408 g/mol. The Labute approximate surface area is 159 Å². The molecule has 0 spiro atoms. The number of hydrogen-bond acceptors (Lipinski definition) is 2. The van der Waals surface area contributed by atoms with E-state index in [-0.39, 0.29) is 5.91 Å². The third kappa shape index (κ3) is 2.93. The molecule has 6 heteroatoms. The molecule has 0 unspecified atom stereocenters. The number of halogens is 1. The maximum Gasteiger partial charge on any atom is 0.256 e. The number of aromatic amines is 1. The number of nitrogens with one attached hydrogen (secondary N) is 2. The van der Waals surface area contributed by atoms with Gasteiger partial charge in [0, 0.05) is 23.0 Å². The van der Waals surface area contributed by atoms with Gasteiger partial charge in [0.1, 0.15) is 5.82 Å². The van der Waals surface area contributed by atoms with E-state index in [4.69, 9.17) is 4.98 Å². The molecule has 1 amide bonds. The largest absolute Gasteiger partial charge is 0.340 e. The summed E-state index contributed by atoms with van der Waals surface area (Å²) >= 11 is 3.61. The Bertz CT molecular complexity index is 1090. The predicted octanol–water partition coefficient (Wildman–Crippen LogP) is 4.99. The number of anilines is 1. The molecule has 0 saturated carbocycles. The Kier molecular flexibility index (Phi) is 4.12. The third-order valence-electron chi connectivity index (χ3n) is 4.30. The van der Waals surface area contributed by atoms with Gasteiger partial charge in [-0.15, -0.1) is 0 Å². The van der Waals surface area contributed by atoms with E-state index in [1.807, 2.05) is 44.2 Å². The van der Waals surface area contributed by atoms with Crippen LogP contribution in [-0.2, 0) is 0 Å². The van der Waals surface area contributed by atoms with Crippen molar-refractivity contribution in [2.75, 3.05) is 5.32 Å². The van der Waals surface area contributed by atoms with Crippen LogP contribution in [0.15, 0.2) is 59.1 Å². The molecule has 3 aromatic heterocycles. The maximum absolute atomic E-state index is 12.3. The molecule has 26 heavy (non-hydrogen) atoms. The Balaban J connectivity index is 1.71. The van der Waals surface area contributed by atoms with Crippen LogP contribution in [0.1, 0.15) is 21.7 Å².